The molecule has 0 bridgehead atoms. The van der Waals surface area contributed by atoms with Crippen LogP contribution >= 0.6 is 11.8 Å². The lowest BCUT2D eigenvalue weighted by Gasteiger charge is -2.22. The summed E-state index contributed by atoms with van der Waals surface area (Å²) < 4.78 is 5.63. The van der Waals surface area contributed by atoms with E-state index in [4.69, 9.17) is 9.73 Å². The first-order valence-electron chi connectivity index (χ1n) is 10.4. The third-order valence-electron chi connectivity index (χ3n) is 4.95. The number of hydrogen-bond donors (Lipinski definition) is 0. The number of rotatable bonds is 8. The number of thioether (sulfide) groups is 1. The van der Waals surface area contributed by atoms with E-state index in [9.17, 15) is 4.79 Å². The lowest BCUT2D eigenvalue weighted by Crippen LogP contribution is -2.29. The van der Waals surface area contributed by atoms with Crippen LogP contribution < -0.4 is 9.64 Å². The maximum Gasteiger partial charge on any atom is 0.266 e. The summed E-state index contributed by atoms with van der Waals surface area (Å²) in [4.78, 5) is 22.5. The molecule has 2 aromatic rings. The van der Waals surface area contributed by atoms with Gasteiger partial charge in [-0.05, 0) is 62.4 Å². The standard InChI is InChI=1S/C24H29N3O2S/c1-5-15-27-23(28)22(30-24(27)25-19-11-9-8-10-12-19)16-18-13-14-20(17-21(18)29-4)26(6-2)7-3/h8-14,16-17H,5-7,15H2,1-4H3/b22-16+,25-24?. The van der Waals surface area contributed by atoms with Crippen molar-refractivity contribution in [1.82, 2.24) is 4.90 Å². The molecule has 2 aromatic carbocycles. The third kappa shape index (κ3) is 4.87. The molecule has 5 nitrogen and oxygen atoms in total. The van der Waals surface area contributed by atoms with E-state index in [0.29, 0.717) is 11.4 Å². The fourth-order valence-corrected chi connectivity index (χ4v) is 4.39. The third-order valence-corrected chi connectivity index (χ3v) is 5.96. The van der Waals surface area contributed by atoms with E-state index in [1.807, 2.05) is 48.5 Å². The van der Waals surface area contributed by atoms with Crippen molar-refractivity contribution in [2.75, 3.05) is 31.6 Å². The zero-order chi connectivity index (χ0) is 21.5. The number of amidine groups is 1. The topological polar surface area (TPSA) is 45.1 Å². The molecule has 0 aromatic heterocycles. The van der Waals surface area contributed by atoms with Crippen LogP contribution in [0.5, 0.6) is 5.75 Å². The van der Waals surface area contributed by atoms with Crippen LogP contribution in [0, 0.1) is 0 Å². The Kier molecular flexibility index (Phi) is 7.57. The molecule has 158 valence electrons. The quantitative estimate of drug-likeness (QED) is 0.522. The second-order valence-corrected chi connectivity index (χ2v) is 7.91. The number of nitrogens with zero attached hydrogens (tertiary/aromatic N) is 3. The van der Waals surface area contributed by atoms with Gasteiger partial charge in [-0.15, -0.1) is 0 Å². The van der Waals surface area contributed by atoms with Crippen molar-refractivity contribution in [2.45, 2.75) is 27.2 Å². The minimum Gasteiger partial charge on any atom is -0.496 e. The predicted octanol–water partition coefficient (Wildman–Crippen LogP) is 5.56. The lowest BCUT2D eigenvalue weighted by atomic mass is 10.1. The zero-order valence-electron chi connectivity index (χ0n) is 18.1. The van der Waals surface area contributed by atoms with Crippen LogP contribution in [0.3, 0.4) is 0 Å². The molecule has 0 atom stereocenters. The van der Waals surface area contributed by atoms with Gasteiger partial charge in [0.05, 0.1) is 17.7 Å². The number of anilines is 1. The Morgan fingerprint density at radius 3 is 2.47 bits per heavy atom. The van der Waals surface area contributed by atoms with E-state index in [-0.39, 0.29) is 5.91 Å². The van der Waals surface area contributed by atoms with Crippen molar-refractivity contribution in [3.63, 3.8) is 0 Å². The Morgan fingerprint density at radius 1 is 1.10 bits per heavy atom. The number of amides is 1. The van der Waals surface area contributed by atoms with Gasteiger partial charge in [0, 0.05) is 37.0 Å². The Bertz CT molecular complexity index is 937. The van der Waals surface area contributed by atoms with Crippen LogP contribution in [-0.4, -0.2) is 42.7 Å². The number of carbonyl (C=O) groups excluding carboxylic acids is 1. The molecule has 0 spiro atoms. The van der Waals surface area contributed by atoms with Crippen molar-refractivity contribution in [2.24, 2.45) is 4.99 Å². The second-order valence-electron chi connectivity index (χ2n) is 6.90. The van der Waals surface area contributed by atoms with E-state index < -0.39 is 0 Å². The summed E-state index contributed by atoms with van der Waals surface area (Å²) in [6.45, 7) is 8.84. The van der Waals surface area contributed by atoms with Gasteiger partial charge < -0.3 is 9.64 Å². The average molecular weight is 424 g/mol. The molecule has 0 N–H and O–H groups in total. The molecular weight excluding hydrogens is 394 g/mol. The van der Waals surface area contributed by atoms with Gasteiger partial charge in [-0.1, -0.05) is 25.1 Å². The number of aliphatic imine (C=N–C) groups is 1. The molecule has 1 aliphatic heterocycles. The van der Waals surface area contributed by atoms with E-state index in [1.54, 1.807) is 12.0 Å². The summed E-state index contributed by atoms with van der Waals surface area (Å²) in [6, 6.07) is 15.9. The number of hydrogen-bond acceptors (Lipinski definition) is 5. The summed E-state index contributed by atoms with van der Waals surface area (Å²) in [5, 5.41) is 0.720. The van der Waals surface area contributed by atoms with E-state index in [1.165, 1.54) is 11.8 Å². The second kappa shape index (κ2) is 10.3. The van der Waals surface area contributed by atoms with E-state index in [0.717, 1.165) is 47.4 Å². The average Bonchev–Trinajstić information content (AvgIpc) is 3.05. The number of para-hydroxylation sites is 1. The van der Waals surface area contributed by atoms with Gasteiger partial charge >= 0.3 is 0 Å². The fourth-order valence-electron chi connectivity index (χ4n) is 3.37. The van der Waals surface area contributed by atoms with Crippen molar-refractivity contribution in [1.29, 1.82) is 0 Å². The van der Waals surface area contributed by atoms with Gasteiger partial charge in [0.2, 0.25) is 0 Å². The molecule has 1 amide bonds. The van der Waals surface area contributed by atoms with Gasteiger partial charge in [-0.2, -0.15) is 0 Å². The van der Waals surface area contributed by atoms with E-state index >= 15 is 0 Å². The van der Waals surface area contributed by atoms with Crippen molar-refractivity contribution < 1.29 is 9.53 Å². The predicted molar refractivity (Wildman–Crippen MR) is 128 cm³/mol. The normalized spacial score (nSPS) is 16.5. The van der Waals surface area contributed by atoms with Crippen LogP contribution in [-0.2, 0) is 4.79 Å². The molecule has 1 heterocycles. The van der Waals surface area contributed by atoms with Crippen LogP contribution in [0.1, 0.15) is 32.8 Å². The van der Waals surface area contributed by atoms with Gasteiger partial charge in [0.25, 0.3) is 5.91 Å². The first-order chi connectivity index (χ1) is 14.6. The maximum absolute atomic E-state index is 13.1. The first kappa shape index (κ1) is 22.0. The molecule has 1 fully saturated rings. The molecule has 0 aliphatic carbocycles. The maximum atomic E-state index is 13.1. The summed E-state index contributed by atoms with van der Waals surface area (Å²) in [6.07, 6.45) is 2.78. The van der Waals surface area contributed by atoms with Crippen molar-refractivity contribution >= 4 is 40.3 Å². The lowest BCUT2D eigenvalue weighted by molar-refractivity contribution is -0.122. The highest BCUT2D eigenvalue weighted by atomic mass is 32.2. The summed E-state index contributed by atoms with van der Waals surface area (Å²) in [5.41, 5.74) is 2.85. The Labute approximate surface area is 183 Å². The summed E-state index contributed by atoms with van der Waals surface area (Å²) >= 11 is 1.42. The summed E-state index contributed by atoms with van der Waals surface area (Å²) in [7, 11) is 1.67. The van der Waals surface area contributed by atoms with Crippen LogP contribution in [0.2, 0.25) is 0 Å². The van der Waals surface area contributed by atoms with Crippen LogP contribution in [0.15, 0.2) is 58.4 Å². The monoisotopic (exact) mass is 423 g/mol. The number of carbonyl (C=O) groups is 1. The minimum absolute atomic E-state index is 0.00796. The van der Waals surface area contributed by atoms with Gasteiger partial charge in [0.15, 0.2) is 5.17 Å². The number of methoxy groups -OCH3 is 1. The molecule has 1 aliphatic rings. The van der Waals surface area contributed by atoms with Crippen molar-refractivity contribution in [3.05, 3.63) is 59.0 Å². The van der Waals surface area contributed by atoms with Gasteiger partial charge in [0.1, 0.15) is 5.75 Å². The molecule has 3 rings (SSSR count). The molecule has 0 saturated carbocycles. The highest BCUT2D eigenvalue weighted by Crippen LogP contribution is 2.36. The van der Waals surface area contributed by atoms with Crippen molar-refractivity contribution in [3.8, 4) is 5.75 Å². The molecule has 6 heteroatoms. The highest BCUT2D eigenvalue weighted by Gasteiger charge is 2.33. The first-order valence-corrected chi connectivity index (χ1v) is 11.2. The zero-order valence-corrected chi connectivity index (χ0v) is 18.9. The summed E-state index contributed by atoms with van der Waals surface area (Å²) in [5.74, 6) is 0.752. The van der Waals surface area contributed by atoms with E-state index in [2.05, 4.69) is 31.7 Å². The Hall–Kier alpha value is -2.73. The van der Waals surface area contributed by atoms with Gasteiger partial charge in [-0.3, -0.25) is 9.69 Å². The van der Waals surface area contributed by atoms with Crippen LogP contribution in [0.25, 0.3) is 6.08 Å². The number of benzene rings is 2. The molecule has 30 heavy (non-hydrogen) atoms. The Morgan fingerprint density at radius 2 is 1.83 bits per heavy atom. The highest BCUT2D eigenvalue weighted by molar-refractivity contribution is 8.18. The Balaban J connectivity index is 1.95. The van der Waals surface area contributed by atoms with Gasteiger partial charge in [-0.25, -0.2) is 4.99 Å². The smallest absolute Gasteiger partial charge is 0.266 e. The molecule has 0 unspecified atom stereocenters. The number of ether oxygens (including phenoxy) is 1. The molecule has 0 radical (unpaired) electrons. The molecule has 1 saturated heterocycles. The molecular formula is C24H29N3O2S. The largest absolute Gasteiger partial charge is 0.496 e. The fraction of sp³-hybridized carbons (Fsp3) is 0.333. The SMILES string of the molecule is CCCN1C(=O)/C(=C\c2ccc(N(CC)CC)cc2OC)SC1=Nc1ccccc1. The van der Waals surface area contributed by atoms with Crippen LogP contribution in [0.4, 0.5) is 11.4 Å². The minimum atomic E-state index is -0.00796.